The van der Waals surface area contributed by atoms with Crippen molar-refractivity contribution in [2.75, 3.05) is 18.8 Å². The molecule has 33 heavy (non-hydrogen) atoms. The zero-order chi connectivity index (χ0) is 24.4. The molecule has 10 nitrogen and oxygen atoms in total. The van der Waals surface area contributed by atoms with Crippen molar-refractivity contribution in [3.05, 3.63) is 47.2 Å². The standard InChI is InChI=1S/C23H35N7O3/c1-14(2)12-18(29-19(31)13-16-6-8-17(24)9-7-16)22-30-20(15(3)33-22)21(32)27-10-4-5-11-28-23(25)26/h6-9,14,18H,4-5,10-13,24H2,1-3H3,(H,27,32)(H,29,31)(H4,25,26,28)/t18-/m0/s1. The summed E-state index contributed by atoms with van der Waals surface area (Å²) in [5.74, 6) is 0.455. The summed E-state index contributed by atoms with van der Waals surface area (Å²) in [6, 6.07) is 6.72. The molecule has 0 radical (unpaired) electrons. The first-order valence-electron chi connectivity index (χ1n) is 11.1. The van der Waals surface area contributed by atoms with Gasteiger partial charge in [-0.25, -0.2) is 4.98 Å². The predicted octanol–water partition coefficient (Wildman–Crippen LogP) is 2.00. The van der Waals surface area contributed by atoms with Crippen molar-refractivity contribution in [3.8, 4) is 0 Å². The maximum Gasteiger partial charge on any atom is 0.273 e. The second-order valence-electron chi connectivity index (χ2n) is 8.43. The average molecular weight is 458 g/mol. The second kappa shape index (κ2) is 12.5. The molecule has 180 valence electrons. The van der Waals surface area contributed by atoms with Crippen molar-refractivity contribution in [1.82, 2.24) is 20.9 Å². The van der Waals surface area contributed by atoms with Gasteiger partial charge in [0, 0.05) is 18.8 Å². The summed E-state index contributed by atoms with van der Waals surface area (Å²) in [4.78, 5) is 29.6. The summed E-state index contributed by atoms with van der Waals surface area (Å²) in [5.41, 5.74) is 12.6. The Labute approximate surface area is 194 Å². The molecule has 8 N–H and O–H groups in total. The molecule has 0 aliphatic rings. The van der Waals surface area contributed by atoms with Crippen molar-refractivity contribution < 1.29 is 14.0 Å². The molecule has 0 spiro atoms. The van der Waals surface area contributed by atoms with Crippen LogP contribution in [-0.4, -0.2) is 35.8 Å². The Morgan fingerprint density at radius 1 is 1.12 bits per heavy atom. The predicted molar refractivity (Wildman–Crippen MR) is 128 cm³/mol. The first-order chi connectivity index (χ1) is 15.7. The number of anilines is 1. The minimum absolute atomic E-state index is 0.0682. The van der Waals surface area contributed by atoms with Gasteiger partial charge in [0.05, 0.1) is 6.42 Å². The van der Waals surface area contributed by atoms with Crippen molar-refractivity contribution in [1.29, 1.82) is 5.41 Å². The highest BCUT2D eigenvalue weighted by Gasteiger charge is 2.25. The van der Waals surface area contributed by atoms with Gasteiger partial charge in [0.25, 0.3) is 5.91 Å². The third-order valence-corrected chi connectivity index (χ3v) is 4.92. The molecule has 2 aromatic rings. The Balaban J connectivity index is 1.98. The average Bonchev–Trinajstić information content (AvgIpc) is 3.13. The van der Waals surface area contributed by atoms with E-state index < -0.39 is 6.04 Å². The van der Waals surface area contributed by atoms with Gasteiger partial charge in [0.1, 0.15) is 11.8 Å². The quantitative estimate of drug-likeness (QED) is 0.122. The Morgan fingerprint density at radius 3 is 2.36 bits per heavy atom. The number of nitrogens with zero attached hydrogens (tertiary/aromatic N) is 1. The highest BCUT2D eigenvalue weighted by Crippen LogP contribution is 2.23. The van der Waals surface area contributed by atoms with Gasteiger partial charge in [0.15, 0.2) is 11.7 Å². The Morgan fingerprint density at radius 2 is 1.76 bits per heavy atom. The number of hydrogen-bond acceptors (Lipinski definition) is 6. The highest BCUT2D eigenvalue weighted by molar-refractivity contribution is 5.93. The van der Waals surface area contributed by atoms with Crippen LogP contribution in [0.5, 0.6) is 0 Å². The lowest BCUT2D eigenvalue weighted by Crippen LogP contribution is -2.32. The minimum atomic E-state index is -0.441. The number of hydrogen-bond donors (Lipinski definition) is 6. The number of rotatable bonds is 12. The van der Waals surface area contributed by atoms with Crippen LogP contribution in [0.15, 0.2) is 28.7 Å². The highest BCUT2D eigenvalue weighted by atomic mass is 16.4. The van der Waals surface area contributed by atoms with Gasteiger partial charge in [-0.3, -0.25) is 15.0 Å². The fourth-order valence-electron chi connectivity index (χ4n) is 3.29. The number of aromatic nitrogens is 1. The molecule has 1 aromatic carbocycles. The van der Waals surface area contributed by atoms with E-state index in [1.54, 1.807) is 19.1 Å². The smallest absolute Gasteiger partial charge is 0.273 e. The van der Waals surface area contributed by atoms with Crippen LogP contribution in [0.3, 0.4) is 0 Å². The number of carbonyl (C=O) groups excluding carboxylic acids is 2. The summed E-state index contributed by atoms with van der Waals surface area (Å²) in [5, 5.41) is 15.6. The third-order valence-electron chi connectivity index (χ3n) is 4.92. The van der Waals surface area contributed by atoms with E-state index in [1.807, 2.05) is 26.0 Å². The number of nitrogens with one attached hydrogen (secondary N) is 4. The van der Waals surface area contributed by atoms with E-state index >= 15 is 0 Å². The van der Waals surface area contributed by atoms with Crippen LogP contribution >= 0.6 is 0 Å². The number of amides is 2. The number of unbranched alkanes of at least 4 members (excludes halogenated alkanes) is 1. The first-order valence-corrected chi connectivity index (χ1v) is 11.1. The number of benzene rings is 1. The van der Waals surface area contributed by atoms with Gasteiger partial charge < -0.3 is 31.8 Å². The fraction of sp³-hybridized carbons (Fsp3) is 0.478. The van der Waals surface area contributed by atoms with Crippen LogP contribution in [0.4, 0.5) is 5.69 Å². The molecule has 10 heteroatoms. The molecule has 0 saturated heterocycles. The van der Waals surface area contributed by atoms with Crippen LogP contribution in [0.2, 0.25) is 0 Å². The van der Waals surface area contributed by atoms with E-state index in [2.05, 4.69) is 20.9 Å². The maximum atomic E-state index is 12.6. The molecular formula is C23H35N7O3. The monoisotopic (exact) mass is 457 g/mol. The fourth-order valence-corrected chi connectivity index (χ4v) is 3.29. The van der Waals surface area contributed by atoms with E-state index in [0.717, 1.165) is 18.4 Å². The Hall–Kier alpha value is -3.56. The molecule has 0 aliphatic heterocycles. The van der Waals surface area contributed by atoms with Gasteiger partial charge in [-0.05, 0) is 49.8 Å². The van der Waals surface area contributed by atoms with Crippen molar-refractivity contribution in [2.45, 2.75) is 52.5 Å². The van der Waals surface area contributed by atoms with E-state index in [0.29, 0.717) is 36.8 Å². The second-order valence-corrected chi connectivity index (χ2v) is 8.43. The SMILES string of the molecule is Cc1oc([C@H](CC(C)C)NC(=O)Cc2ccc(N)cc2)nc1C(=O)NCCCCNC(=N)N. The van der Waals surface area contributed by atoms with Crippen LogP contribution in [-0.2, 0) is 11.2 Å². The van der Waals surface area contributed by atoms with Gasteiger partial charge in [-0.15, -0.1) is 0 Å². The maximum absolute atomic E-state index is 12.6. The van der Waals surface area contributed by atoms with Gasteiger partial charge >= 0.3 is 0 Å². The minimum Gasteiger partial charge on any atom is -0.443 e. The summed E-state index contributed by atoms with van der Waals surface area (Å²) < 4.78 is 5.79. The number of guanidine groups is 1. The first kappa shape index (κ1) is 25.7. The van der Waals surface area contributed by atoms with E-state index in [1.165, 1.54) is 0 Å². The molecule has 1 aromatic heterocycles. The van der Waals surface area contributed by atoms with E-state index in [9.17, 15) is 9.59 Å². The van der Waals surface area contributed by atoms with Crippen molar-refractivity contribution in [3.63, 3.8) is 0 Å². The molecule has 0 bridgehead atoms. The molecule has 2 rings (SSSR count). The van der Waals surface area contributed by atoms with Crippen molar-refractivity contribution >= 4 is 23.5 Å². The summed E-state index contributed by atoms with van der Waals surface area (Å²) in [6.07, 6.45) is 2.32. The van der Waals surface area contributed by atoms with Crippen LogP contribution in [0, 0.1) is 18.3 Å². The zero-order valence-corrected chi connectivity index (χ0v) is 19.5. The number of nitrogens with two attached hydrogens (primary N) is 2. The van der Waals surface area contributed by atoms with E-state index in [-0.39, 0.29) is 35.8 Å². The topological polar surface area (TPSA) is 172 Å². The largest absolute Gasteiger partial charge is 0.443 e. The zero-order valence-electron chi connectivity index (χ0n) is 19.5. The van der Waals surface area contributed by atoms with Crippen molar-refractivity contribution in [2.24, 2.45) is 11.7 Å². The lowest BCUT2D eigenvalue weighted by Gasteiger charge is -2.17. The molecule has 1 atom stereocenters. The lowest BCUT2D eigenvalue weighted by molar-refractivity contribution is -0.121. The van der Waals surface area contributed by atoms with Gasteiger partial charge in [0.2, 0.25) is 11.8 Å². The van der Waals surface area contributed by atoms with Crippen LogP contribution in [0.25, 0.3) is 0 Å². The molecular weight excluding hydrogens is 422 g/mol. The normalized spacial score (nSPS) is 11.8. The molecule has 0 saturated carbocycles. The van der Waals surface area contributed by atoms with E-state index in [4.69, 9.17) is 21.3 Å². The molecule has 2 amide bonds. The number of oxazole rings is 1. The number of carbonyl (C=O) groups is 2. The molecule has 0 unspecified atom stereocenters. The van der Waals surface area contributed by atoms with Crippen LogP contribution < -0.4 is 27.4 Å². The molecule has 1 heterocycles. The van der Waals surface area contributed by atoms with Gasteiger partial charge in [-0.1, -0.05) is 26.0 Å². The summed E-state index contributed by atoms with van der Waals surface area (Å²) in [7, 11) is 0. The Bertz CT molecular complexity index is 938. The third kappa shape index (κ3) is 8.83. The molecule has 0 aliphatic carbocycles. The summed E-state index contributed by atoms with van der Waals surface area (Å²) >= 11 is 0. The molecule has 0 fully saturated rings. The summed E-state index contributed by atoms with van der Waals surface area (Å²) in [6.45, 7) is 6.82. The number of nitrogen functional groups attached to an aromatic ring is 1. The Kier molecular flexibility index (Phi) is 9.71. The lowest BCUT2D eigenvalue weighted by atomic mass is 10.0. The van der Waals surface area contributed by atoms with Gasteiger partial charge in [-0.2, -0.15) is 0 Å². The number of aryl methyl sites for hydroxylation is 1. The van der Waals surface area contributed by atoms with Crippen LogP contribution in [0.1, 0.15) is 66.9 Å².